The molecule has 1 heterocycles. The number of carboxylic acids is 1. The number of hydrogen-bond donors (Lipinski definition) is 2. The smallest absolute Gasteiger partial charge is 0.306 e. The molecule has 1 aromatic rings. The van der Waals surface area contributed by atoms with Crippen molar-refractivity contribution in [2.45, 2.75) is 13.3 Å². The number of hydrogen-bond acceptors (Lipinski definition) is 3. The van der Waals surface area contributed by atoms with Crippen molar-refractivity contribution < 1.29 is 14.7 Å². The third-order valence-electron chi connectivity index (χ3n) is 2.45. The van der Waals surface area contributed by atoms with Crippen LogP contribution in [0.1, 0.15) is 18.9 Å². The lowest BCUT2D eigenvalue weighted by Gasteiger charge is -2.05. The molecule has 1 amide bonds. The Hall–Kier alpha value is -2.11. The second-order valence-corrected chi connectivity index (χ2v) is 4.10. The van der Waals surface area contributed by atoms with Crippen LogP contribution in [0.2, 0.25) is 0 Å². The number of aromatic nitrogens is 2. The van der Waals surface area contributed by atoms with Gasteiger partial charge in [-0.2, -0.15) is 5.10 Å². The first-order valence-electron chi connectivity index (χ1n) is 5.66. The first kappa shape index (κ1) is 14.0. The Morgan fingerprint density at radius 1 is 1.61 bits per heavy atom. The van der Waals surface area contributed by atoms with Crippen LogP contribution in [0, 0.1) is 5.92 Å². The summed E-state index contributed by atoms with van der Waals surface area (Å²) in [6.07, 6.45) is 6.92. The van der Waals surface area contributed by atoms with E-state index in [0.29, 0.717) is 13.0 Å². The van der Waals surface area contributed by atoms with Crippen LogP contribution in [0.4, 0.5) is 0 Å². The van der Waals surface area contributed by atoms with Crippen LogP contribution in [0.5, 0.6) is 0 Å². The normalized spacial score (nSPS) is 12.6. The van der Waals surface area contributed by atoms with Crippen LogP contribution >= 0.6 is 0 Å². The fourth-order valence-corrected chi connectivity index (χ4v) is 1.29. The molecule has 0 saturated heterocycles. The van der Waals surface area contributed by atoms with Crippen LogP contribution in [0.25, 0.3) is 6.08 Å². The average molecular weight is 251 g/mol. The molecule has 0 aliphatic rings. The molecule has 1 rings (SSSR count). The van der Waals surface area contributed by atoms with E-state index in [9.17, 15) is 9.59 Å². The minimum atomic E-state index is -0.852. The molecule has 98 valence electrons. The average Bonchev–Trinajstić information content (AvgIpc) is 2.72. The van der Waals surface area contributed by atoms with Gasteiger partial charge in [0.25, 0.3) is 0 Å². The molecule has 0 bridgehead atoms. The van der Waals surface area contributed by atoms with E-state index in [2.05, 4.69) is 10.4 Å². The third kappa shape index (κ3) is 4.82. The van der Waals surface area contributed by atoms with Crippen molar-refractivity contribution in [2.75, 3.05) is 6.54 Å². The lowest BCUT2D eigenvalue weighted by molar-refractivity contribution is -0.141. The molecule has 0 radical (unpaired) electrons. The number of nitrogens with one attached hydrogen (secondary N) is 1. The summed E-state index contributed by atoms with van der Waals surface area (Å²) in [4.78, 5) is 22.0. The molecular formula is C12H17N3O3. The van der Waals surface area contributed by atoms with Crippen molar-refractivity contribution >= 4 is 18.0 Å². The van der Waals surface area contributed by atoms with E-state index in [4.69, 9.17) is 5.11 Å². The monoisotopic (exact) mass is 251 g/mol. The second-order valence-electron chi connectivity index (χ2n) is 4.10. The van der Waals surface area contributed by atoms with Gasteiger partial charge in [0.2, 0.25) is 5.91 Å². The molecule has 6 heteroatoms. The standard InChI is InChI=1S/C12H17N3O3/c1-9(12(17)18)5-6-13-11(16)4-3-10-7-14-15(2)8-10/h3-4,7-9H,5-6H2,1-2H3,(H,13,16)(H,17,18)/b4-3+. The van der Waals surface area contributed by atoms with E-state index >= 15 is 0 Å². The number of aryl methyl sites for hydroxylation is 1. The zero-order valence-electron chi connectivity index (χ0n) is 10.5. The summed E-state index contributed by atoms with van der Waals surface area (Å²) < 4.78 is 1.64. The molecule has 0 fully saturated rings. The van der Waals surface area contributed by atoms with E-state index < -0.39 is 11.9 Å². The maximum Gasteiger partial charge on any atom is 0.306 e. The summed E-state index contributed by atoms with van der Waals surface area (Å²) in [6, 6.07) is 0. The summed E-state index contributed by atoms with van der Waals surface area (Å²) in [5.74, 6) is -1.54. The molecule has 0 saturated carbocycles. The van der Waals surface area contributed by atoms with Gasteiger partial charge in [-0.25, -0.2) is 0 Å². The van der Waals surface area contributed by atoms with Crippen molar-refractivity contribution in [3.63, 3.8) is 0 Å². The van der Waals surface area contributed by atoms with Gasteiger partial charge in [0.15, 0.2) is 0 Å². The Bertz CT molecular complexity index is 451. The lowest BCUT2D eigenvalue weighted by Crippen LogP contribution is -2.25. The van der Waals surface area contributed by atoms with E-state index in [1.807, 2.05) is 0 Å². The van der Waals surface area contributed by atoms with Gasteiger partial charge in [0, 0.05) is 31.4 Å². The largest absolute Gasteiger partial charge is 0.481 e. The Balaban J connectivity index is 2.30. The molecule has 2 N–H and O–H groups in total. The van der Waals surface area contributed by atoms with Crippen molar-refractivity contribution in [3.8, 4) is 0 Å². The van der Waals surface area contributed by atoms with E-state index in [1.165, 1.54) is 6.08 Å². The number of carbonyl (C=O) groups excluding carboxylic acids is 1. The van der Waals surface area contributed by atoms with Gasteiger partial charge < -0.3 is 10.4 Å². The highest BCUT2D eigenvalue weighted by molar-refractivity contribution is 5.91. The van der Waals surface area contributed by atoms with Crippen LogP contribution in [-0.2, 0) is 16.6 Å². The Labute approximate surface area is 105 Å². The minimum absolute atomic E-state index is 0.239. The van der Waals surface area contributed by atoms with Crippen molar-refractivity contribution in [3.05, 3.63) is 24.0 Å². The van der Waals surface area contributed by atoms with Gasteiger partial charge in [-0.05, 0) is 12.5 Å². The number of aliphatic carboxylic acids is 1. The molecule has 0 aromatic carbocycles. The fourth-order valence-electron chi connectivity index (χ4n) is 1.29. The highest BCUT2D eigenvalue weighted by Gasteiger charge is 2.09. The Kier molecular flexibility index (Phi) is 5.10. The van der Waals surface area contributed by atoms with E-state index in [1.54, 1.807) is 37.1 Å². The molecule has 1 aromatic heterocycles. The van der Waals surface area contributed by atoms with Crippen LogP contribution in [-0.4, -0.2) is 33.3 Å². The fraction of sp³-hybridized carbons (Fsp3) is 0.417. The molecular weight excluding hydrogens is 234 g/mol. The van der Waals surface area contributed by atoms with Gasteiger partial charge >= 0.3 is 5.97 Å². The molecule has 6 nitrogen and oxygen atoms in total. The number of nitrogens with zero attached hydrogens (tertiary/aromatic N) is 2. The van der Waals surface area contributed by atoms with Gasteiger partial charge in [-0.15, -0.1) is 0 Å². The van der Waals surface area contributed by atoms with Crippen molar-refractivity contribution in [2.24, 2.45) is 13.0 Å². The van der Waals surface area contributed by atoms with E-state index in [0.717, 1.165) is 5.56 Å². The topological polar surface area (TPSA) is 84.2 Å². The highest BCUT2D eigenvalue weighted by Crippen LogP contribution is 2.00. The summed E-state index contributed by atoms with van der Waals surface area (Å²) in [5.41, 5.74) is 0.839. The van der Waals surface area contributed by atoms with Crippen molar-refractivity contribution in [1.29, 1.82) is 0 Å². The summed E-state index contributed by atoms with van der Waals surface area (Å²) in [7, 11) is 1.80. The predicted octanol–water partition coefficient (Wildman–Crippen LogP) is 0.660. The summed E-state index contributed by atoms with van der Waals surface area (Å²) in [5, 5.41) is 15.3. The Morgan fingerprint density at radius 2 is 2.33 bits per heavy atom. The molecule has 1 atom stereocenters. The van der Waals surface area contributed by atoms with Crippen LogP contribution in [0.3, 0.4) is 0 Å². The molecule has 18 heavy (non-hydrogen) atoms. The van der Waals surface area contributed by atoms with Crippen LogP contribution < -0.4 is 5.32 Å². The second kappa shape index (κ2) is 6.58. The molecule has 1 unspecified atom stereocenters. The zero-order valence-corrected chi connectivity index (χ0v) is 10.5. The maximum absolute atomic E-state index is 11.4. The quantitative estimate of drug-likeness (QED) is 0.727. The molecule has 0 aliphatic carbocycles. The SMILES string of the molecule is CC(CCNC(=O)/C=C/c1cnn(C)c1)C(=O)O. The lowest BCUT2D eigenvalue weighted by atomic mass is 10.1. The van der Waals surface area contributed by atoms with E-state index in [-0.39, 0.29) is 5.91 Å². The third-order valence-corrected chi connectivity index (χ3v) is 2.45. The molecule has 0 aliphatic heterocycles. The number of carboxylic acid groups (broad SMARTS) is 1. The van der Waals surface area contributed by atoms with Crippen LogP contribution in [0.15, 0.2) is 18.5 Å². The zero-order chi connectivity index (χ0) is 13.5. The Morgan fingerprint density at radius 3 is 2.89 bits per heavy atom. The summed E-state index contributed by atoms with van der Waals surface area (Å²) >= 11 is 0. The number of rotatable bonds is 6. The van der Waals surface area contributed by atoms with Crippen molar-refractivity contribution in [1.82, 2.24) is 15.1 Å². The maximum atomic E-state index is 11.4. The van der Waals surface area contributed by atoms with Gasteiger partial charge in [-0.3, -0.25) is 14.3 Å². The highest BCUT2D eigenvalue weighted by atomic mass is 16.4. The predicted molar refractivity (Wildman–Crippen MR) is 66.7 cm³/mol. The van der Waals surface area contributed by atoms with Gasteiger partial charge in [0.05, 0.1) is 12.1 Å². The first-order chi connectivity index (χ1) is 8.49. The number of carbonyl (C=O) groups is 2. The summed E-state index contributed by atoms with van der Waals surface area (Å²) in [6.45, 7) is 1.96. The van der Waals surface area contributed by atoms with Gasteiger partial charge in [-0.1, -0.05) is 6.92 Å². The first-order valence-corrected chi connectivity index (χ1v) is 5.66. The molecule has 0 spiro atoms. The minimum Gasteiger partial charge on any atom is -0.481 e. The van der Waals surface area contributed by atoms with Gasteiger partial charge in [0.1, 0.15) is 0 Å². The number of amides is 1.